The van der Waals surface area contributed by atoms with Crippen LogP contribution in [0.3, 0.4) is 0 Å². The first-order chi connectivity index (χ1) is 12.3. The van der Waals surface area contributed by atoms with Gasteiger partial charge in [-0.1, -0.05) is 6.07 Å². The van der Waals surface area contributed by atoms with E-state index in [0.29, 0.717) is 43.2 Å². The summed E-state index contributed by atoms with van der Waals surface area (Å²) in [5, 5.41) is 14.4. The van der Waals surface area contributed by atoms with Crippen LogP contribution in [0.25, 0.3) is 0 Å². The molecule has 0 fully saturated rings. The quantitative estimate of drug-likeness (QED) is 0.805. The molecule has 26 heavy (non-hydrogen) atoms. The van der Waals surface area contributed by atoms with Crippen molar-refractivity contribution in [1.29, 1.82) is 0 Å². The van der Waals surface area contributed by atoms with Crippen LogP contribution in [0.15, 0.2) is 24.3 Å². The topological polar surface area (TPSA) is 84.7 Å². The Morgan fingerprint density at radius 2 is 2.15 bits per heavy atom. The van der Waals surface area contributed by atoms with Crippen molar-refractivity contribution in [3.8, 4) is 5.75 Å². The number of nitrogens with zero attached hydrogens (tertiary/aromatic N) is 3. The van der Waals surface area contributed by atoms with Gasteiger partial charge in [0.25, 0.3) is 0 Å². The zero-order valence-corrected chi connectivity index (χ0v) is 15.5. The van der Waals surface area contributed by atoms with Gasteiger partial charge in [0.05, 0.1) is 30.8 Å². The van der Waals surface area contributed by atoms with E-state index in [1.165, 1.54) is 13.2 Å². The number of fused-ring (bicyclic) bond motifs is 1. The maximum absolute atomic E-state index is 14.1. The number of aliphatic hydroxyl groups is 1. The number of hydrogen-bond donors (Lipinski definition) is 1. The first-order valence-corrected chi connectivity index (χ1v) is 10.3. The van der Waals surface area contributed by atoms with E-state index in [9.17, 15) is 17.9 Å². The van der Waals surface area contributed by atoms with Gasteiger partial charge in [0, 0.05) is 31.5 Å². The summed E-state index contributed by atoms with van der Waals surface area (Å²) >= 11 is 0. The smallest absolute Gasteiger partial charge is 0.150 e. The van der Waals surface area contributed by atoms with Crippen molar-refractivity contribution in [3.63, 3.8) is 0 Å². The van der Waals surface area contributed by atoms with Crippen LogP contribution in [0.2, 0.25) is 0 Å². The Balaban J connectivity index is 1.74. The lowest BCUT2D eigenvalue weighted by Gasteiger charge is -2.28. The molecule has 1 N–H and O–H groups in total. The molecular formula is C17H22FN3O4S. The Hall–Kier alpha value is -1.97. The van der Waals surface area contributed by atoms with Crippen LogP contribution >= 0.6 is 0 Å². The molecule has 7 nitrogen and oxygen atoms in total. The van der Waals surface area contributed by atoms with E-state index in [1.54, 1.807) is 22.9 Å². The first-order valence-electron chi connectivity index (χ1n) is 8.23. The molecule has 0 saturated carbocycles. The summed E-state index contributed by atoms with van der Waals surface area (Å²) in [6, 6.07) is 6.46. The van der Waals surface area contributed by atoms with Gasteiger partial charge in [-0.3, -0.25) is 9.58 Å². The molecule has 142 valence electrons. The molecule has 0 aliphatic carbocycles. The molecular weight excluding hydrogens is 361 g/mol. The molecule has 2 aromatic rings. The highest BCUT2D eigenvalue weighted by atomic mass is 32.2. The maximum Gasteiger partial charge on any atom is 0.150 e. The number of benzene rings is 1. The number of aliphatic hydroxyl groups excluding tert-OH is 1. The molecule has 0 amide bonds. The second-order valence-corrected chi connectivity index (χ2v) is 8.71. The minimum Gasteiger partial charge on any atom is -0.496 e. The third kappa shape index (κ3) is 4.22. The van der Waals surface area contributed by atoms with Crippen molar-refractivity contribution in [3.05, 3.63) is 47.0 Å². The lowest BCUT2D eigenvalue weighted by molar-refractivity contribution is 0.190. The number of sulfone groups is 1. The number of hydrogen-bond acceptors (Lipinski definition) is 6. The average molecular weight is 383 g/mol. The zero-order chi connectivity index (χ0) is 18.9. The average Bonchev–Trinajstić information content (AvgIpc) is 2.98. The van der Waals surface area contributed by atoms with Crippen LogP contribution in [0.4, 0.5) is 4.39 Å². The van der Waals surface area contributed by atoms with Crippen LogP contribution < -0.4 is 4.74 Å². The summed E-state index contributed by atoms with van der Waals surface area (Å²) in [4.78, 5) is 2.06. The summed E-state index contributed by atoms with van der Waals surface area (Å²) in [7, 11) is -1.79. The molecule has 1 atom stereocenters. The second-order valence-electron chi connectivity index (χ2n) is 6.52. The lowest BCUT2D eigenvalue weighted by atomic mass is 10.1. The fraction of sp³-hybridized carbons (Fsp3) is 0.471. The summed E-state index contributed by atoms with van der Waals surface area (Å²) in [6.45, 7) is 2.16. The van der Waals surface area contributed by atoms with Crippen molar-refractivity contribution < 1.29 is 22.7 Å². The van der Waals surface area contributed by atoms with Crippen molar-refractivity contribution in [1.82, 2.24) is 14.7 Å². The molecule has 9 heteroatoms. The van der Waals surface area contributed by atoms with E-state index in [4.69, 9.17) is 4.74 Å². The van der Waals surface area contributed by atoms with Gasteiger partial charge in [0.15, 0.2) is 0 Å². The summed E-state index contributed by atoms with van der Waals surface area (Å²) in [5.41, 5.74) is 1.70. The number of halogens is 1. The maximum atomic E-state index is 14.1. The SMILES string of the molecule is COc1cccc(F)c1CN1CCn2nc(C(O)CS(C)(=O)=O)cc2C1. The Morgan fingerprint density at radius 1 is 1.38 bits per heavy atom. The van der Waals surface area contributed by atoms with E-state index in [-0.39, 0.29) is 11.6 Å². The summed E-state index contributed by atoms with van der Waals surface area (Å²) in [6.07, 6.45) is -0.0707. The number of aromatic nitrogens is 2. The van der Waals surface area contributed by atoms with E-state index in [2.05, 4.69) is 10.00 Å². The molecule has 1 aliphatic rings. The van der Waals surface area contributed by atoms with Crippen molar-refractivity contribution in [2.24, 2.45) is 0 Å². The van der Waals surface area contributed by atoms with Gasteiger partial charge in [-0.2, -0.15) is 5.10 Å². The van der Waals surface area contributed by atoms with Crippen molar-refractivity contribution >= 4 is 9.84 Å². The van der Waals surface area contributed by atoms with Crippen LogP contribution in [0.5, 0.6) is 5.75 Å². The third-order valence-electron chi connectivity index (χ3n) is 4.38. The highest BCUT2D eigenvalue weighted by molar-refractivity contribution is 7.90. The minimum absolute atomic E-state index is 0.312. The highest BCUT2D eigenvalue weighted by Crippen LogP contribution is 2.25. The first kappa shape index (κ1) is 18.8. The van der Waals surface area contributed by atoms with Gasteiger partial charge in [-0.05, 0) is 18.2 Å². The van der Waals surface area contributed by atoms with Gasteiger partial charge < -0.3 is 9.84 Å². The van der Waals surface area contributed by atoms with Crippen LogP contribution in [-0.4, -0.2) is 53.9 Å². The molecule has 1 unspecified atom stereocenters. The molecule has 3 rings (SSSR count). The monoisotopic (exact) mass is 383 g/mol. The standard InChI is InChI=1S/C17H22FN3O4S/c1-25-17-5-3-4-14(18)13(17)10-20-6-7-21-12(9-20)8-15(19-21)16(22)11-26(2,23)24/h3-5,8,16,22H,6-7,9-11H2,1-2H3. The summed E-state index contributed by atoms with van der Waals surface area (Å²) < 4.78 is 43.9. The number of rotatable bonds is 6. The Labute approximate surface area is 151 Å². The second kappa shape index (κ2) is 7.34. The lowest BCUT2D eigenvalue weighted by Crippen LogP contribution is -2.33. The van der Waals surface area contributed by atoms with Gasteiger partial charge >= 0.3 is 0 Å². The van der Waals surface area contributed by atoms with Crippen LogP contribution in [0.1, 0.15) is 23.1 Å². The molecule has 2 heterocycles. The van der Waals surface area contributed by atoms with E-state index in [1.807, 2.05) is 0 Å². The normalized spacial score (nSPS) is 16.3. The van der Waals surface area contributed by atoms with Gasteiger partial charge in [0.1, 0.15) is 27.5 Å². The molecule has 0 spiro atoms. The van der Waals surface area contributed by atoms with E-state index < -0.39 is 15.9 Å². The Bertz CT molecular complexity index is 897. The fourth-order valence-corrected chi connectivity index (χ4v) is 3.86. The number of ether oxygens (including phenoxy) is 1. The van der Waals surface area contributed by atoms with Gasteiger partial charge in [0.2, 0.25) is 0 Å². The Morgan fingerprint density at radius 3 is 2.85 bits per heavy atom. The largest absolute Gasteiger partial charge is 0.496 e. The molecule has 1 aliphatic heterocycles. The van der Waals surface area contributed by atoms with Gasteiger partial charge in [-0.25, -0.2) is 12.8 Å². The fourth-order valence-electron chi connectivity index (χ4n) is 3.12. The van der Waals surface area contributed by atoms with Crippen LogP contribution in [0, 0.1) is 5.82 Å². The zero-order valence-electron chi connectivity index (χ0n) is 14.7. The predicted octanol–water partition coefficient (Wildman–Crippen LogP) is 1.12. The highest BCUT2D eigenvalue weighted by Gasteiger charge is 2.24. The van der Waals surface area contributed by atoms with Crippen molar-refractivity contribution in [2.75, 3.05) is 25.7 Å². The van der Waals surface area contributed by atoms with E-state index in [0.717, 1.165) is 11.9 Å². The molecule has 1 aromatic carbocycles. The third-order valence-corrected chi connectivity index (χ3v) is 5.30. The molecule has 0 bridgehead atoms. The predicted molar refractivity (Wildman–Crippen MR) is 94.0 cm³/mol. The van der Waals surface area contributed by atoms with Crippen LogP contribution in [-0.2, 0) is 29.5 Å². The Kier molecular flexibility index (Phi) is 5.31. The molecule has 0 saturated heterocycles. The van der Waals surface area contributed by atoms with Crippen molar-refractivity contribution in [2.45, 2.75) is 25.7 Å². The van der Waals surface area contributed by atoms with Gasteiger partial charge in [-0.15, -0.1) is 0 Å². The molecule has 0 radical (unpaired) electrons. The molecule has 1 aromatic heterocycles. The number of methoxy groups -OCH3 is 1. The van der Waals surface area contributed by atoms with E-state index >= 15 is 0 Å². The summed E-state index contributed by atoms with van der Waals surface area (Å²) in [5.74, 6) is -0.166. The minimum atomic E-state index is -3.30.